The summed E-state index contributed by atoms with van der Waals surface area (Å²) in [7, 11) is 0. The molecule has 0 amide bonds. The fourth-order valence-corrected chi connectivity index (χ4v) is 1.78. The van der Waals surface area contributed by atoms with Crippen molar-refractivity contribution in [3.8, 4) is 6.07 Å². The molecule has 1 aromatic carbocycles. The molecule has 0 aliphatic carbocycles. The molecule has 0 atom stereocenters. The predicted octanol–water partition coefficient (Wildman–Crippen LogP) is 1.12. The summed E-state index contributed by atoms with van der Waals surface area (Å²) in [4.78, 5) is 2.12. The highest BCUT2D eigenvalue weighted by Gasteiger charge is 2.12. The number of fused-ring (bicyclic) bond motifs is 1. The second-order valence-electron chi connectivity index (χ2n) is 3.39. The van der Waals surface area contributed by atoms with Gasteiger partial charge < -0.3 is 10.2 Å². The zero-order valence-corrected chi connectivity index (χ0v) is 8.03. The van der Waals surface area contributed by atoms with Crippen molar-refractivity contribution in [1.82, 2.24) is 5.32 Å². The monoisotopic (exact) mass is 187 g/mol. The number of nitrogens with one attached hydrogen (secondary N) is 1. The maximum Gasteiger partial charge on any atom is 0.105 e. The van der Waals surface area contributed by atoms with Crippen LogP contribution in [0.4, 0.5) is 5.69 Å². The Balaban J connectivity index is 2.33. The summed E-state index contributed by atoms with van der Waals surface area (Å²) in [5.41, 5.74) is 2.47. The molecule has 0 radical (unpaired) electrons. The summed E-state index contributed by atoms with van der Waals surface area (Å²) >= 11 is 0. The summed E-state index contributed by atoms with van der Waals surface area (Å²) in [6.07, 6.45) is 0. The third-order valence-electron chi connectivity index (χ3n) is 2.47. The van der Waals surface area contributed by atoms with Gasteiger partial charge >= 0.3 is 0 Å². The minimum Gasteiger partial charge on any atom is -0.357 e. The molecule has 14 heavy (non-hydrogen) atoms. The zero-order chi connectivity index (χ0) is 9.80. The molecule has 1 aliphatic rings. The van der Waals surface area contributed by atoms with Gasteiger partial charge in [-0.05, 0) is 11.6 Å². The molecule has 0 saturated carbocycles. The number of benzene rings is 1. The molecule has 0 fully saturated rings. The van der Waals surface area contributed by atoms with E-state index in [0.29, 0.717) is 6.54 Å². The van der Waals surface area contributed by atoms with Crippen LogP contribution >= 0.6 is 0 Å². The number of anilines is 1. The average Bonchev–Trinajstić information content (AvgIpc) is 2.42. The Bertz CT molecular complexity index is 354. The Morgan fingerprint density at radius 1 is 1.43 bits per heavy atom. The molecule has 0 spiro atoms. The first-order chi connectivity index (χ1) is 6.92. The molecule has 3 heteroatoms. The summed E-state index contributed by atoms with van der Waals surface area (Å²) in [5, 5.41) is 12.1. The minimum atomic E-state index is 0.471. The molecule has 0 bridgehead atoms. The van der Waals surface area contributed by atoms with E-state index in [1.807, 2.05) is 12.1 Å². The molecule has 0 saturated heterocycles. The smallest absolute Gasteiger partial charge is 0.105 e. The Morgan fingerprint density at radius 2 is 2.29 bits per heavy atom. The van der Waals surface area contributed by atoms with E-state index in [9.17, 15) is 0 Å². The van der Waals surface area contributed by atoms with Crippen LogP contribution in [0.5, 0.6) is 0 Å². The van der Waals surface area contributed by atoms with Crippen molar-refractivity contribution >= 4 is 5.69 Å². The van der Waals surface area contributed by atoms with Gasteiger partial charge in [0.05, 0.1) is 6.07 Å². The lowest BCUT2D eigenvalue weighted by Crippen LogP contribution is -2.28. The van der Waals surface area contributed by atoms with Crippen molar-refractivity contribution < 1.29 is 0 Å². The molecule has 0 unspecified atom stereocenters. The van der Waals surface area contributed by atoms with Crippen LogP contribution in [0.25, 0.3) is 0 Å². The Hall–Kier alpha value is -1.53. The third-order valence-corrected chi connectivity index (χ3v) is 2.47. The van der Waals surface area contributed by atoms with E-state index in [1.54, 1.807) is 0 Å². The third kappa shape index (κ3) is 1.70. The molecule has 1 heterocycles. The fraction of sp³-hybridized carbons (Fsp3) is 0.364. The van der Waals surface area contributed by atoms with Crippen LogP contribution in [0.3, 0.4) is 0 Å². The molecule has 1 aromatic rings. The van der Waals surface area contributed by atoms with Crippen LogP contribution < -0.4 is 10.2 Å². The van der Waals surface area contributed by atoms with Gasteiger partial charge in [-0.3, -0.25) is 0 Å². The highest BCUT2D eigenvalue weighted by atomic mass is 15.2. The summed E-state index contributed by atoms with van der Waals surface area (Å²) in [6, 6.07) is 10.5. The molecular formula is C11H13N3. The average molecular weight is 187 g/mol. The molecular weight excluding hydrogens is 174 g/mol. The van der Waals surface area contributed by atoms with Gasteiger partial charge in [0.25, 0.3) is 0 Å². The molecule has 2 rings (SSSR count). The standard InChI is InChI=1S/C11H13N3/c12-5-7-14-8-6-13-9-10-3-1-2-4-11(10)14/h1-4,13H,6-9H2. The van der Waals surface area contributed by atoms with Crippen molar-refractivity contribution in [2.75, 3.05) is 24.5 Å². The molecule has 0 aromatic heterocycles. The SMILES string of the molecule is N#CCN1CCNCc2ccccc21. The fourth-order valence-electron chi connectivity index (χ4n) is 1.78. The van der Waals surface area contributed by atoms with Crippen molar-refractivity contribution in [2.24, 2.45) is 0 Å². The zero-order valence-electron chi connectivity index (χ0n) is 8.03. The first-order valence-corrected chi connectivity index (χ1v) is 4.82. The quantitative estimate of drug-likeness (QED) is 0.670. The molecule has 72 valence electrons. The van der Waals surface area contributed by atoms with Gasteiger partial charge in [0.1, 0.15) is 6.54 Å². The van der Waals surface area contributed by atoms with Crippen LogP contribution in [0.1, 0.15) is 5.56 Å². The number of nitriles is 1. The van der Waals surface area contributed by atoms with Gasteiger partial charge in [0.15, 0.2) is 0 Å². The van der Waals surface area contributed by atoms with E-state index in [4.69, 9.17) is 5.26 Å². The van der Waals surface area contributed by atoms with Crippen molar-refractivity contribution in [3.63, 3.8) is 0 Å². The van der Waals surface area contributed by atoms with Gasteiger partial charge in [0.2, 0.25) is 0 Å². The number of hydrogen-bond acceptors (Lipinski definition) is 3. The van der Waals surface area contributed by atoms with E-state index < -0.39 is 0 Å². The van der Waals surface area contributed by atoms with Crippen molar-refractivity contribution in [1.29, 1.82) is 5.26 Å². The van der Waals surface area contributed by atoms with Gasteiger partial charge in [0, 0.05) is 25.3 Å². The molecule has 1 N–H and O–H groups in total. The van der Waals surface area contributed by atoms with Crippen LogP contribution in [0.15, 0.2) is 24.3 Å². The van der Waals surface area contributed by atoms with Crippen LogP contribution in [-0.2, 0) is 6.54 Å². The van der Waals surface area contributed by atoms with E-state index >= 15 is 0 Å². The van der Waals surface area contributed by atoms with Crippen molar-refractivity contribution in [3.05, 3.63) is 29.8 Å². The normalized spacial score (nSPS) is 15.5. The Labute approximate surface area is 84.0 Å². The Morgan fingerprint density at radius 3 is 3.14 bits per heavy atom. The maximum absolute atomic E-state index is 8.72. The van der Waals surface area contributed by atoms with Crippen molar-refractivity contribution in [2.45, 2.75) is 6.54 Å². The lowest BCUT2D eigenvalue weighted by molar-refractivity contribution is 0.701. The summed E-state index contributed by atoms with van der Waals surface area (Å²) in [5.74, 6) is 0. The van der Waals surface area contributed by atoms with E-state index in [1.165, 1.54) is 11.3 Å². The lowest BCUT2D eigenvalue weighted by atomic mass is 10.1. The predicted molar refractivity (Wildman–Crippen MR) is 56.0 cm³/mol. The first-order valence-electron chi connectivity index (χ1n) is 4.82. The second-order valence-corrected chi connectivity index (χ2v) is 3.39. The Kier molecular flexibility index (Phi) is 2.66. The van der Waals surface area contributed by atoms with Crippen LogP contribution in [-0.4, -0.2) is 19.6 Å². The summed E-state index contributed by atoms with van der Waals surface area (Å²) in [6.45, 7) is 3.22. The first kappa shape index (κ1) is 9.04. The number of hydrogen-bond donors (Lipinski definition) is 1. The minimum absolute atomic E-state index is 0.471. The summed E-state index contributed by atoms with van der Waals surface area (Å²) < 4.78 is 0. The van der Waals surface area contributed by atoms with Gasteiger partial charge in [-0.2, -0.15) is 5.26 Å². The van der Waals surface area contributed by atoms with Gasteiger partial charge in [-0.25, -0.2) is 0 Å². The highest BCUT2D eigenvalue weighted by Crippen LogP contribution is 2.21. The van der Waals surface area contributed by atoms with E-state index in [2.05, 4.69) is 28.4 Å². The topological polar surface area (TPSA) is 39.1 Å². The lowest BCUT2D eigenvalue weighted by Gasteiger charge is -2.20. The molecule has 3 nitrogen and oxygen atoms in total. The number of para-hydroxylation sites is 1. The van der Waals surface area contributed by atoms with Crippen LogP contribution in [0.2, 0.25) is 0 Å². The van der Waals surface area contributed by atoms with E-state index in [-0.39, 0.29) is 0 Å². The largest absolute Gasteiger partial charge is 0.357 e. The molecule has 1 aliphatic heterocycles. The number of rotatable bonds is 1. The number of nitrogens with zero attached hydrogens (tertiary/aromatic N) is 2. The van der Waals surface area contributed by atoms with Gasteiger partial charge in [-0.15, -0.1) is 0 Å². The van der Waals surface area contributed by atoms with Gasteiger partial charge in [-0.1, -0.05) is 18.2 Å². The maximum atomic E-state index is 8.72. The van der Waals surface area contributed by atoms with Crippen LogP contribution in [0, 0.1) is 11.3 Å². The van der Waals surface area contributed by atoms with E-state index in [0.717, 1.165) is 19.6 Å². The highest BCUT2D eigenvalue weighted by molar-refractivity contribution is 5.54. The second kappa shape index (κ2) is 4.12.